The number of ether oxygens (including phenoxy) is 1. The Hall–Kier alpha value is -2.93. The highest BCUT2D eigenvalue weighted by molar-refractivity contribution is 6.16. The number of amides is 2. The molecule has 1 aromatic carbocycles. The third-order valence-corrected chi connectivity index (χ3v) is 5.10. The van der Waals surface area contributed by atoms with Gasteiger partial charge in [0.2, 0.25) is 0 Å². The van der Waals surface area contributed by atoms with Gasteiger partial charge in [0.05, 0.1) is 16.9 Å². The van der Waals surface area contributed by atoms with Gasteiger partial charge in [-0.3, -0.25) is 4.79 Å². The van der Waals surface area contributed by atoms with Crippen molar-refractivity contribution in [3.8, 4) is 0 Å². The Morgan fingerprint density at radius 1 is 1.26 bits per heavy atom. The van der Waals surface area contributed by atoms with Gasteiger partial charge in [0.15, 0.2) is 5.82 Å². The van der Waals surface area contributed by atoms with E-state index in [1.54, 1.807) is 42.6 Å². The van der Waals surface area contributed by atoms with Crippen LogP contribution in [0.3, 0.4) is 0 Å². The number of aromatic nitrogens is 1. The molecule has 140 valence electrons. The van der Waals surface area contributed by atoms with Crippen molar-refractivity contribution in [3.05, 3.63) is 48.2 Å². The Morgan fingerprint density at radius 2 is 2.07 bits per heavy atom. The number of carbonyl (C=O) groups excluding carboxylic acids is 2. The summed E-state index contributed by atoms with van der Waals surface area (Å²) in [6.07, 6.45) is 1.70. The molecule has 3 heterocycles. The summed E-state index contributed by atoms with van der Waals surface area (Å²) in [5.74, 6) is 0.321. The van der Waals surface area contributed by atoms with E-state index in [0.29, 0.717) is 22.8 Å². The fourth-order valence-electron chi connectivity index (χ4n) is 3.71. The zero-order valence-electron chi connectivity index (χ0n) is 15.4. The van der Waals surface area contributed by atoms with Crippen LogP contribution >= 0.6 is 0 Å². The molecule has 1 N–H and O–H groups in total. The number of carbonyl (C=O) groups is 2. The van der Waals surface area contributed by atoms with Crippen molar-refractivity contribution in [2.24, 2.45) is 5.92 Å². The molecule has 1 saturated heterocycles. The van der Waals surface area contributed by atoms with Crippen molar-refractivity contribution in [1.82, 2.24) is 9.88 Å². The standard InChI is InChI=1S/C20H22N4O3/c1-13-12-23(2)11-9-17(13)27-20(26)24-16-8-4-3-6-14(16)19(25)22-15-7-5-10-21-18(15)24/h3-8,10,13,17H,9,11-12H2,1-2H3,(H,22,25). The summed E-state index contributed by atoms with van der Waals surface area (Å²) < 4.78 is 5.88. The van der Waals surface area contributed by atoms with Crippen LogP contribution in [0.25, 0.3) is 0 Å². The third-order valence-electron chi connectivity index (χ3n) is 5.10. The Kier molecular flexibility index (Phi) is 4.53. The van der Waals surface area contributed by atoms with Crippen LogP contribution in [-0.4, -0.2) is 48.1 Å². The number of rotatable bonds is 1. The summed E-state index contributed by atoms with van der Waals surface area (Å²) in [6, 6.07) is 10.4. The van der Waals surface area contributed by atoms with Crippen molar-refractivity contribution >= 4 is 29.2 Å². The number of pyridine rings is 1. The van der Waals surface area contributed by atoms with E-state index < -0.39 is 6.09 Å². The maximum Gasteiger partial charge on any atom is 0.420 e. The molecular formula is C20H22N4O3. The number of piperidine rings is 1. The van der Waals surface area contributed by atoms with Gasteiger partial charge in [-0.25, -0.2) is 14.7 Å². The van der Waals surface area contributed by atoms with Crippen molar-refractivity contribution in [3.63, 3.8) is 0 Å². The number of benzene rings is 1. The smallest absolute Gasteiger partial charge is 0.420 e. The highest BCUT2D eigenvalue weighted by Gasteiger charge is 2.34. The minimum atomic E-state index is -0.514. The van der Waals surface area contributed by atoms with Crippen molar-refractivity contribution in [2.75, 3.05) is 30.4 Å². The van der Waals surface area contributed by atoms with Gasteiger partial charge >= 0.3 is 6.09 Å². The Balaban J connectivity index is 1.71. The molecule has 0 bridgehead atoms. The summed E-state index contributed by atoms with van der Waals surface area (Å²) in [6.45, 7) is 3.85. The molecule has 4 rings (SSSR count). The molecule has 2 aliphatic heterocycles. The van der Waals surface area contributed by atoms with Crippen LogP contribution in [0.1, 0.15) is 23.7 Å². The van der Waals surface area contributed by atoms with E-state index >= 15 is 0 Å². The van der Waals surface area contributed by atoms with Gasteiger partial charge in [-0.1, -0.05) is 19.1 Å². The summed E-state index contributed by atoms with van der Waals surface area (Å²) in [4.78, 5) is 33.8. The number of anilines is 3. The molecule has 7 nitrogen and oxygen atoms in total. The van der Waals surface area contributed by atoms with Crippen molar-refractivity contribution in [2.45, 2.75) is 19.4 Å². The average Bonchev–Trinajstić information content (AvgIpc) is 2.78. The van der Waals surface area contributed by atoms with Crippen LogP contribution in [0.2, 0.25) is 0 Å². The van der Waals surface area contributed by atoms with E-state index in [1.807, 2.05) is 0 Å². The molecule has 0 spiro atoms. The quantitative estimate of drug-likeness (QED) is 0.838. The number of nitrogens with one attached hydrogen (secondary N) is 1. The second-order valence-electron chi connectivity index (χ2n) is 7.13. The normalized spacial score (nSPS) is 22.3. The predicted molar refractivity (Wildman–Crippen MR) is 102 cm³/mol. The maximum atomic E-state index is 13.2. The lowest BCUT2D eigenvalue weighted by molar-refractivity contribution is 0.0261. The van der Waals surface area contributed by atoms with Gasteiger partial charge < -0.3 is 15.0 Å². The number of para-hydroxylation sites is 1. The average molecular weight is 366 g/mol. The molecule has 2 aromatic rings. The first-order chi connectivity index (χ1) is 13.0. The highest BCUT2D eigenvalue weighted by atomic mass is 16.6. The molecule has 2 unspecified atom stereocenters. The minimum absolute atomic E-state index is 0.167. The van der Waals surface area contributed by atoms with Gasteiger partial charge in [-0.2, -0.15) is 0 Å². The molecule has 1 aromatic heterocycles. The minimum Gasteiger partial charge on any atom is -0.445 e. The lowest BCUT2D eigenvalue weighted by Crippen LogP contribution is -2.43. The molecule has 27 heavy (non-hydrogen) atoms. The largest absolute Gasteiger partial charge is 0.445 e. The van der Waals surface area contributed by atoms with Gasteiger partial charge in [0.25, 0.3) is 5.91 Å². The van der Waals surface area contributed by atoms with Crippen LogP contribution in [0.5, 0.6) is 0 Å². The van der Waals surface area contributed by atoms with E-state index in [1.165, 1.54) is 4.90 Å². The van der Waals surface area contributed by atoms with Crippen LogP contribution in [0.15, 0.2) is 42.6 Å². The van der Waals surface area contributed by atoms with E-state index in [2.05, 4.69) is 29.2 Å². The summed E-state index contributed by atoms with van der Waals surface area (Å²) in [7, 11) is 2.07. The van der Waals surface area contributed by atoms with Crippen LogP contribution in [0, 0.1) is 5.92 Å². The SMILES string of the molecule is CC1CN(C)CCC1OC(=O)N1c2ccccc2C(=O)Nc2cccnc21. The fraction of sp³-hybridized carbons (Fsp3) is 0.350. The highest BCUT2D eigenvalue weighted by Crippen LogP contribution is 2.37. The maximum absolute atomic E-state index is 13.2. The van der Waals surface area contributed by atoms with Gasteiger partial charge in [0, 0.05) is 25.2 Å². The first kappa shape index (κ1) is 17.5. The first-order valence-corrected chi connectivity index (χ1v) is 9.09. The Bertz CT molecular complexity index is 885. The van der Waals surface area contributed by atoms with Gasteiger partial charge in [-0.05, 0) is 37.7 Å². The van der Waals surface area contributed by atoms with Crippen molar-refractivity contribution in [1.29, 1.82) is 0 Å². The summed E-state index contributed by atoms with van der Waals surface area (Å²) in [5.41, 5.74) is 1.36. The van der Waals surface area contributed by atoms with Crippen LogP contribution in [-0.2, 0) is 4.74 Å². The van der Waals surface area contributed by atoms with E-state index in [-0.39, 0.29) is 17.9 Å². The third kappa shape index (κ3) is 3.26. The van der Waals surface area contributed by atoms with E-state index in [9.17, 15) is 9.59 Å². The second-order valence-corrected chi connectivity index (χ2v) is 7.13. The zero-order valence-corrected chi connectivity index (χ0v) is 15.4. The monoisotopic (exact) mass is 366 g/mol. The first-order valence-electron chi connectivity index (χ1n) is 9.09. The number of hydrogen-bond acceptors (Lipinski definition) is 5. The van der Waals surface area contributed by atoms with Gasteiger partial charge in [-0.15, -0.1) is 0 Å². The molecule has 2 aliphatic rings. The van der Waals surface area contributed by atoms with Gasteiger partial charge in [0.1, 0.15) is 6.10 Å². The van der Waals surface area contributed by atoms with Crippen molar-refractivity contribution < 1.29 is 14.3 Å². The lowest BCUT2D eigenvalue weighted by atomic mass is 9.97. The number of fused-ring (bicyclic) bond motifs is 2. The number of nitrogens with zero attached hydrogens (tertiary/aromatic N) is 3. The second kappa shape index (κ2) is 7.00. The van der Waals surface area contributed by atoms with Crippen LogP contribution in [0.4, 0.5) is 22.0 Å². The molecule has 0 aliphatic carbocycles. The van der Waals surface area contributed by atoms with E-state index in [0.717, 1.165) is 19.5 Å². The fourth-order valence-corrected chi connectivity index (χ4v) is 3.71. The number of hydrogen-bond donors (Lipinski definition) is 1. The topological polar surface area (TPSA) is 74.8 Å². The Morgan fingerprint density at radius 3 is 2.89 bits per heavy atom. The zero-order chi connectivity index (χ0) is 19.0. The molecule has 7 heteroatoms. The molecule has 2 amide bonds. The number of likely N-dealkylation sites (tertiary alicyclic amines) is 1. The van der Waals surface area contributed by atoms with Crippen LogP contribution < -0.4 is 10.2 Å². The summed E-state index contributed by atoms with van der Waals surface area (Å²) >= 11 is 0. The molecule has 0 radical (unpaired) electrons. The predicted octanol–water partition coefficient (Wildman–Crippen LogP) is 3.26. The lowest BCUT2D eigenvalue weighted by Gasteiger charge is -2.35. The summed E-state index contributed by atoms with van der Waals surface area (Å²) in [5, 5.41) is 2.82. The van der Waals surface area contributed by atoms with E-state index in [4.69, 9.17) is 4.74 Å². The Labute approximate surface area is 157 Å². The molecule has 1 fully saturated rings. The molecule has 2 atom stereocenters. The molecular weight excluding hydrogens is 344 g/mol. The molecule has 0 saturated carbocycles.